The molecule has 3 saturated carbocycles. The van der Waals surface area contributed by atoms with Gasteiger partial charge in [-0.05, 0) is 206 Å². The molecule has 2 heteroatoms. The van der Waals surface area contributed by atoms with Gasteiger partial charge in [-0.15, -0.1) is 0 Å². The number of ether oxygens (including phenoxy) is 1. The Bertz CT molecular complexity index is 2400. The van der Waals surface area contributed by atoms with Crippen molar-refractivity contribution in [2.24, 2.45) is 41.4 Å². The Morgan fingerprint density at radius 3 is 1.87 bits per heavy atom. The van der Waals surface area contributed by atoms with E-state index >= 15 is 0 Å². The predicted molar refractivity (Wildman–Crippen MR) is 306 cm³/mol. The fourth-order valence-corrected chi connectivity index (χ4v) is 14.9. The maximum absolute atomic E-state index is 12.4. The van der Waals surface area contributed by atoms with Crippen molar-refractivity contribution in [2.75, 3.05) is 7.11 Å². The summed E-state index contributed by atoms with van der Waals surface area (Å²) < 4.78 is 5.59. The van der Waals surface area contributed by atoms with E-state index in [4.69, 9.17) is 17.9 Å². The predicted octanol–water partition coefficient (Wildman–Crippen LogP) is 19.5. The third-order valence-corrected chi connectivity index (χ3v) is 18.6. The molecule has 8 atom stereocenters. The summed E-state index contributed by atoms with van der Waals surface area (Å²) in [6.07, 6.45) is 26.4. The van der Waals surface area contributed by atoms with Crippen LogP contribution < -0.4 is 0 Å². The van der Waals surface area contributed by atoms with E-state index in [0.29, 0.717) is 65.6 Å². The number of allylic oxidation sites excluding steroid dienone is 5. The van der Waals surface area contributed by atoms with Crippen molar-refractivity contribution in [3.8, 4) is 0 Å². The molecule has 0 radical (unpaired) electrons. The number of carbonyl (C=O) groups excluding carboxylic acids is 1. The minimum Gasteiger partial charge on any atom is -0.502 e. The zero-order valence-corrected chi connectivity index (χ0v) is 46.8. The topological polar surface area (TPSA) is 26.3 Å². The number of benzene rings is 3. The average molecular weight is 958 g/mol. The molecular formula is C69H96O2. The molecular weight excluding hydrogens is 861 g/mol. The van der Waals surface area contributed by atoms with E-state index in [2.05, 4.69) is 116 Å². The number of fused-ring (bicyclic) bond motifs is 2. The highest BCUT2D eigenvalue weighted by molar-refractivity contribution is 5.76. The molecule has 0 aliphatic heterocycles. The summed E-state index contributed by atoms with van der Waals surface area (Å²) in [6.45, 7) is 35.9. The highest BCUT2D eigenvalue weighted by Gasteiger charge is 2.41. The zero-order valence-electron chi connectivity index (χ0n) is 46.8. The van der Waals surface area contributed by atoms with Crippen molar-refractivity contribution in [3.05, 3.63) is 152 Å². The number of hydrogen-bond donors (Lipinski definition) is 0. The summed E-state index contributed by atoms with van der Waals surface area (Å²) in [5.41, 5.74) is 21.1. The van der Waals surface area contributed by atoms with Crippen LogP contribution in [-0.2, 0) is 22.4 Å². The number of Topliss-reactive ketones (excluding diaryl/α,β-unsaturated/α-hetero) is 1. The second-order valence-corrected chi connectivity index (χ2v) is 23.9. The molecule has 3 aromatic rings. The van der Waals surface area contributed by atoms with Crippen LogP contribution in [0.1, 0.15) is 237 Å². The second kappa shape index (κ2) is 24.7. The van der Waals surface area contributed by atoms with E-state index in [1.807, 2.05) is 13.8 Å². The molecule has 8 rings (SSSR count). The quantitative estimate of drug-likeness (QED) is 0.0786. The maximum atomic E-state index is 12.4. The van der Waals surface area contributed by atoms with Gasteiger partial charge in [0.05, 0.1) is 12.9 Å². The van der Waals surface area contributed by atoms with E-state index < -0.39 is 0 Å². The normalized spacial score (nSPS) is 23.1. The summed E-state index contributed by atoms with van der Waals surface area (Å²) in [7, 11) is 1.75. The summed E-state index contributed by atoms with van der Waals surface area (Å²) >= 11 is 0. The largest absolute Gasteiger partial charge is 0.502 e. The number of unbranched alkanes of at least 4 members (excludes halogenated alkanes) is 1. The molecule has 3 fully saturated rings. The molecule has 0 bridgehead atoms. The molecule has 0 heterocycles. The molecule has 71 heavy (non-hydrogen) atoms. The first-order valence-electron chi connectivity index (χ1n) is 29.0. The Labute approximate surface area is 434 Å². The lowest BCUT2D eigenvalue weighted by molar-refractivity contribution is -0.118. The van der Waals surface area contributed by atoms with Crippen LogP contribution in [0.5, 0.6) is 0 Å². The van der Waals surface area contributed by atoms with Crippen LogP contribution in [0, 0.1) is 55.3 Å². The van der Waals surface area contributed by atoms with Crippen molar-refractivity contribution in [2.45, 2.75) is 208 Å². The Morgan fingerprint density at radius 2 is 1.30 bits per heavy atom. The first-order chi connectivity index (χ1) is 34.1. The molecule has 0 spiro atoms. The molecule has 3 unspecified atom stereocenters. The van der Waals surface area contributed by atoms with Gasteiger partial charge in [-0.2, -0.15) is 0 Å². The number of carbonyl (C=O) groups is 1. The maximum Gasteiger partial charge on any atom is 0.130 e. The van der Waals surface area contributed by atoms with Gasteiger partial charge < -0.3 is 9.53 Å². The van der Waals surface area contributed by atoms with E-state index in [-0.39, 0.29) is 11.7 Å². The van der Waals surface area contributed by atoms with Crippen LogP contribution in [0.15, 0.2) is 96.3 Å². The number of rotatable bonds is 21. The molecule has 0 amide bonds. The summed E-state index contributed by atoms with van der Waals surface area (Å²) in [4.78, 5) is 12.4. The number of ketones is 1. The third kappa shape index (κ3) is 12.4. The van der Waals surface area contributed by atoms with Crippen LogP contribution in [0.4, 0.5) is 0 Å². The van der Waals surface area contributed by atoms with E-state index in [9.17, 15) is 4.79 Å². The van der Waals surface area contributed by atoms with Gasteiger partial charge in [0.2, 0.25) is 0 Å². The van der Waals surface area contributed by atoms with Crippen LogP contribution in [-0.4, -0.2) is 12.9 Å². The van der Waals surface area contributed by atoms with Crippen molar-refractivity contribution in [1.29, 1.82) is 0 Å². The minimum absolute atomic E-state index is 0.271. The summed E-state index contributed by atoms with van der Waals surface area (Å²) in [6, 6.07) is 20.5. The van der Waals surface area contributed by atoms with Gasteiger partial charge in [-0.1, -0.05) is 190 Å². The van der Waals surface area contributed by atoms with E-state index in [1.165, 1.54) is 139 Å². The van der Waals surface area contributed by atoms with Crippen LogP contribution in [0.25, 0.3) is 12.2 Å². The van der Waals surface area contributed by atoms with Gasteiger partial charge in [0.1, 0.15) is 5.78 Å². The molecule has 0 aromatic heterocycles. The molecule has 0 N–H and O–H groups in total. The highest BCUT2D eigenvalue weighted by Crippen LogP contribution is 2.56. The van der Waals surface area contributed by atoms with Gasteiger partial charge in [0.15, 0.2) is 0 Å². The van der Waals surface area contributed by atoms with Crippen LogP contribution in [0.3, 0.4) is 0 Å². The Morgan fingerprint density at radius 1 is 0.690 bits per heavy atom. The van der Waals surface area contributed by atoms with E-state index in [0.717, 1.165) is 31.4 Å². The summed E-state index contributed by atoms with van der Waals surface area (Å²) in [5, 5.41) is 0. The summed E-state index contributed by atoms with van der Waals surface area (Å²) in [5.74, 6) is 6.25. The van der Waals surface area contributed by atoms with Crippen molar-refractivity contribution in [1.82, 2.24) is 0 Å². The van der Waals surface area contributed by atoms with Gasteiger partial charge in [0, 0.05) is 12.8 Å². The van der Waals surface area contributed by atoms with Crippen molar-refractivity contribution >= 4 is 17.9 Å². The molecule has 0 saturated heterocycles. The standard InChI is InChI=1S/C67H90O2.C2H6/c1-13-14-19-51(47(10)65(42(4)5)33-46(9)69-12)34-49-35-52-24-26-54(38-56(52)36-49)62-28-29-63(67(62)59-30-43(6)66(44(7)31-59)50-20-16-15-17-21-50)55-27-25-53-37-58(40-57(53)39-55)61-23-18-22-60(61)48(11)64(41(2)3)32-45(8)68;1-2/h24-27,30-31,36,38-42,50-51,60-65,67H,9-11,13-23,28-29,32-35,37H2,1-8,12H3;1-2H3/t51?,60?,61-,62+,63+,64-,65-,67?;/m0./s1. The zero-order chi connectivity index (χ0) is 51.1. The van der Waals surface area contributed by atoms with Crippen LogP contribution >= 0.6 is 0 Å². The number of hydrogen-bond acceptors (Lipinski definition) is 2. The third-order valence-electron chi connectivity index (χ3n) is 18.6. The lowest BCUT2D eigenvalue weighted by atomic mass is 9.74. The van der Waals surface area contributed by atoms with Crippen molar-refractivity contribution in [3.63, 3.8) is 0 Å². The lowest BCUT2D eigenvalue weighted by Gasteiger charge is -2.31. The van der Waals surface area contributed by atoms with Crippen molar-refractivity contribution < 1.29 is 9.53 Å². The highest BCUT2D eigenvalue weighted by atomic mass is 16.5. The van der Waals surface area contributed by atoms with Gasteiger partial charge >= 0.3 is 0 Å². The smallest absolute Gasteiger partial charge is 0.130 e. The number of aryl methyl sites for hydroxylation is 2. The SMILES string of the molecule is C=C(C[C@H](C(=C)C(CCCC)CC1=Cc2cc([C@H]3CC[C@H](c4ccc5c(c4)C=C([C@@H]4CCCC4C(=C)[C@@H](CC(C)=O)C(C)C)C5)C3c3cc(C)c(C4CCCCC4)c(C)c3)ccc2C1)C(C)C)OC.CC. The van der Waals surface area contributed by atoms with E-state index in [1.54, 1.807) is 36.3 Å². The second-order valence-electron chi connectivity index (χ2n) is 23.9. The molecule has 5 aliphatic rings. The van der Waals surface area contributed by atoms with Gasteiger partial charge in [-0.3, -0.25) is 0 Å². The molecule has 384 valence electrons. The molecule has 2 nitrogen and oxygen atoms in total. The van der Waals surface area contributed by atoms with Gasteiger partial charge in [-0.25, -0.2) is 0 Å². The average Bonchev–Trinajstić information content (AvgIpc) is 4.19. The molecule has 5 aliphatic carbocycles. The minimum atomic E-state index is 0.271. The Hall–Kier alpha value is -4.17. The monoisotopic (exact) mass is 957 g/mol. The first kappa shape index (κ1) is 54.6. The fraction of sp³-hybridized carbons (Fsp3) is 0.580. The number of methoxy groups -OCH3 is 1. The van der Waals surface area contributed by atoms with Gasteiger partial charge in [0.25, 0.3) is 0 Å². The Kier molecular flexibility index (Phi) is 19.0. The van der Waals surface area contributed by atoms with Crippen LogP contribution in [0.2, 0.25) is 0 Å². The Balaban J connectivity index is 0.00000366. The molecule has 3 aromatic carbocycles. The fourth-order valence-electron chi connectivity index (χ4n) is 14.9. The lowest BCUT2D eigenvalue weighted by Crippen LogP contribution is -2.23. The first-order valence-corrected chi connectivity index (χ1v) is 29.0.